The SMILES string of the molecule is CCc1nc2nnc3c(=O)n(-c4ccc(C)cc4)ccc3n2n1. The lowest BCUT2D eigenvalue weighted by Gasteiger charge is -2.07. The van der Waals surface area contributed by atoms with Gasteiger partial charge in [0.2, 0.25) is 0 Å². The van der Waals surface area contributed by atoms with Crippen molar-refractivity contribution in [1.29, 1.82) is 0 Å². The molecular weight excluding hydrogens is 292 g/mol. The Bertz CT molecular complexity index is 1080. The molecule has 4 aromatic rings. The van der Waals surface area contributed by atoms with Crippen LogP contribution in [0.1, 0.15) is 18.3 Å². The van der Waals surface area contributed by atoms with Crippen LogP contribution in [0.3, 0.4) is 0 Å². The topological polar surface area (TPSA) is 78.0 Å². The molecular formula is C16H14N6O. The van der Waals surface area contributed by atoms with Gasteiger partial charge in [0.1, 0.15) is 5.52 Å². The number of hydrogen-bond acceptors (Lipinski definition) is 5. The highest BCUT2D eigenvalue weighted by Crippen LogP contribution is 2.12. The molecule has 0 amide bonds. The van der Waals surface area contributed by atoms with Gasteiger partial charge < -0.3 is 0 Å². The maximum atomic E-state index is 12.7. The van der Waals surface area contributed by atoms with Crippen molar-refractivity contribution in [3.63, 3.8) is 0 Å². The molecule has 0 bridgehead atoms. The molecule has 7 nitrogen and oxygen atoms in total. The monoisotopic (exact) mass is 306 g/mol. The standard InChI is InChI=1S/C16H14N6O/c1-3-13-17-16-19-18-14-12(22(16)20-13)8-9-21(15(14)23)11-6-4-10(2)5-7-11/h4-9H,3H2,1-2H3. The first-order valence-corrected chi connectivity index (χ1v) is 7.38. The summed E-state index contributed by atoms with van der Waals surface area (Å²) in [7, 11) is 0. The van der Waals surface area contributed by atoms with Crippen LogP contribution in [0.5, 0.6) is 0 Å². The van der Waals surface area contributed by atoms with Crippen LogP contribution in [0.4, 0.5) is 0 Å². The molecule has 0 aliphatic heterocycles. The molecule has 0 aliphatic carbocycles. The Labute approximate surface area is 131 Å². The van der Waals surface area contributed by atoms with Gasteiger partial charge in [-0.3, -0.25) is 9.36 Å². The third-order valence-corrected chi connectivity index (χ3v) is 3.78. The highest BCUT2D eigenvalue weighted by Gasteiger charge is 2.12. The zero-order valence-electron chi connectivity index (χ0n) is 12.8. The van der Waals surface area contributed by atoms with Crippen molar-refractivity contribution in [2.45, 2.75) is 20.3 Å². The Balaban J connectivity index is 2.00. The molecule has 4 rings (SSSR count). The lowest BCUT2D eigenvalue weighted by molar-refractivity contribution is 0.883. The molecule has 23 heavy (non-hydrogen) atoms. The van der Waals surface area contributed by atoms with Crippen molar-refractivity contribution in [3.8, 4) is 5.69 Å². The lowest BCUT2D eigenvalue weighted by Crippen LogP contribution is -2.20. The lowest BCUT2D eigenvalue weighted by atomic mass is 10.2. The van der Waals surface area contributed by atoms with E-state index in [0.29, 0.717) is 23.5 Å². The zero-order chi connectivity index (χ0) is 16.0. The Hall–Kier alpha value is -3.09. The maximum Gasteiger partial charge on any atom is 0.285 e. The Kier molecular flexibility index (Phi) is 2.94. The Morgan fingerprint density at radius 2 is 1.87 bits per heavy atom. The second-order valence-corrected chi connectivity index (χ2v) is 5.35. The summed E-state index contributed by atoms with van der Waals surface area (Å²) in [5.74, 6) is 1.08. The van der Waals surface area contributed by atoms with E-state index in [9.17, 15) is 4.79 Å². The van der Waals surface area contributed by atoms with Gasteiger partial charge in [0.05, 0.1) is 0 Å². The summed E-state index contributed by atoms with van der Waals surface area (Å²) in [5.41, 5.74) is 2.58. The van der Waals surface area contributed by atoms with E-state index in [1.807, 2.05) is 44.2 Å². The predicted molar refractivity (Wildman–Crippen MR) is 85.8 cm³/mol. The smallest absolute Gasteiger partial charge is 0.282 e. The van der Waals surface area contributed by atoms with Crippen molar-refractivity contribution in [3.05, 3.63) is 58.3 Å². The van der Waals surface area contributed by atoms with Gasteiger partial charge in [0.15, 0.2) is 11.3 Å². The summed E-state index contributed by atoms with van der Waals surface area (Å²) >= 11 is 0. The van der Waals surface area contributed by atoms with Crippen LogP contribution in [0.2, 0.25) is 0 Å². The molecule has 1 aromatic carbocycles. The van der Waals surface area contributed by atoms with Crippen molar-refractivity contribution in [2.24, 2.45) is 0 Å². The number of aryl methyl sites for hydroxylation is 2. The molecule has 0 N–H and O–H groups in total. The van der Waals surface area contributed by atoms with Crippen LogP contribution in [0.15, 0.2) is 41.3 Å². The van der Waals surface area contributed by atoms with E-state index >= 15 is 0 Å². The number of nitrogens with zero attached hydrogens (tertiary/aromatic N) is 6. The van der Waals surface area contributed by atoms with E-state index in [-0.39, 0.29) is 11.1 Å². The molecule has 7 heteroatoms. The van der Waals surface area contributed by atoms with Crippen LogP contribution >= 0.6 is 0 Å². The summed E-state index contributed by atoms with van der Waals surface area (Å²) in [4.78, 5) is 17.0. The van der Waals surface area contributed by atoms with Gasteiger partial charge in [-0.2, -0.15) is 9.50 Å². The molecule has 3 aromatic heterocycles. The molecule has 0 saturated heterocycles. The van der Waals surface area contributed by atoms with Crippen molar-refractivity contribution in [1.82, 2.24) is 29.4 Å². The first-order valence-electron chi connectivity index (χ1n) is 7.38. The first-order chi connectivity index (χ1) is 11.2. The molecule has 114 valence electrons. The highest BCUT2D eigenvalue weighted by atomic mass is 16.1. The number of rotatable bonds is 2. The van der Waals surface area contributed by atoms with Crippen LogP contribution in [0.25, 0.3) is 22.5 Å². The first kappa shape index (κ1) is 13.6. The van der Waals surface area contributed by atoms with Crippen LogP contribution < -0.4 is 5.56 Å². The van der Waals surface area contributed by atoms with Crippen molar-refractivity contribution >= 4 is 16.8 Å². The molecule has 0 unspecified atom stereocenters. The summed E-state index contributed by atoms with van der Waals surface area (Å²) in [6.45, 7) is 3.97. The van der Waals surface area contributed by atoms with Gasteiger partial charge in [-0.1, -0.05) is 24.6 Å². The van der Waals surface area contributed by atoms with Gasteiger partial charge in [-0.25, -0.2) is 0 Å². The highest BCUT2D eigenvalue weighted by molar-refractivity contribution is 5.74. The van der Waals surface area contributed by atoms with E-state index < -0.39 is 0 Å². The van der Waals surface area contributed by atoms with Crippen LogP contribution in [0, 0.1) is 6.92 Å². The molecule has 0 radical (unpaired) electrons. The second-order valence-electron chi connectivity index (χ2n) is 5.35. The zero-order valence-corrected chi connectivity index (χ0v) is 12.8. The van der Waals surface area contributed by atoms with E-state index in [4.69, 9.17) is 0 Å². The Morgan fingerprint density at radius 1 is 1.09 bits per heavy atom. The van der Waals surface area contributed by atoms with Gasteiger partial charge in [-0.15, -0.1) is 15.3 Å². The molecule has 0 spiro atoms. The fourth-order valence-electron chi connectivity index (χ4n) is 2.51. The third-order valence-electron chi connectivity index (χ3n) is 3.78. The average Bonchev–Trinajstić information content (AvgIpc) is 3.00. The second kappa shape index (κ2) is 4.98. The molecule has 0 aliphatic rings. The number of hydrogen-bond donors (Lipinski definition) is 0. The van der Waals surface area contributed by atoms with Gasteiger partial charge in [0, 0.05) is 18.3 Å². The largest absolute Gasteiger partial charge is 0.285 e. The van der Waals surface area contributed by atoms with Gasteiger partial charge in [0.25, 0.3) is 11.3 Å². The Morgan fingerprint density at radius 3 is 2.61 bits per heavy atom. The quantitative estimate of drug-likeness (QED) is 0.563. The number of pyridine rings is 1. The molecule has 3 heterocycles. The number of fused-ring (bicyclic) bond motifs is 3. The van der Waals surface area contributed by atoms with E-state index in [2.05, 4.69) is 20.3 Å². The summed E-state index contributed by atoms with van der Waals surface area (Å²) in [5, 5.41) is 12.4. The summed E-state index contributed by atoms with van der Waals surface area (Å²) in [6, 6.07) is 9.54. The number of aromatic nitrogens is 6. The minimum absolute atomic E-state index is 0.227. The summed E-state index contributed by atoms with van der Waals surface area (Å²) in [6.07, 6.45) is 2.43. The maximum absolute atomic E-state index is 12.7. The molecule has 0 fully saturated rings. The molecule has 0 atom stereocenters. The van der Waals surface area contributed by atoms with E-state index in [1.165, 1.54) is 0 Å². The van der Waals surface area contributed by atoms with Crippen molar-refractivity contribution in [2.75, 3.05) is 0 Å². The predicted octanol–water partition coefficient (Wildman–Crippen LogP) is 1.69. The average molecular weight is 306 g/mol. The summed E-state index contributed by atoms with van der Waals surface area (Å²) < 4.78 is 3.13. The third kappa shape index (κ3) is 2.09. The minimum atomic E-state index is -0.227. The van der Waals surface area contributed by atoms with Crippen molar-refractivity contribution < 1.29 is 0 Å². The van der Waals surface area contributed by atoms with E-state index in [1.54, 1.807) is 15.3 Å². The fraction of sp³-hybridized carbons (Fsp3) is 0.188. The molecule has 0 saturated carbocycles. The van der Waals surface area contributed by atoms with Gasteiger partial charge >= 0.3 is 0 Å². The van der Waals surface area contributed by atoms with Gasteiger partial charge in [-0.05, 0) is 25.1 Å². The normalized spacial score (nSPS) is 11.4. The van der Waals surface area contributed by atoms with Crippen LogP contribution in [-0.2, 0) is 6.42 Å². The van der Waals surface area contributed by atoms with E-state index in [0.717, 1.165) is 11.3 Å². The van der Waals surface area contributed by atoms with Crippen LogP contribution in [-0.4, -0.2) is 29.4 Å². The minimum Gasteiger partial charge on any atom is -0.282 e. The number of benzene rings is 1. The fourth-order valence-corrected chi connectivity index (χ4v) is 2.51.